The summed E-state index contributed by atoms with van der Waals surface area (Å²) in [7, 11) is 0. The van der Waals surface area contributed by atoms with E-state index in [1.54, 1.807) is 0 Å². The predicted octanol–water partition coefficient (Wildman–Crippen LogP) is 0.855. The molecule has 0 saturated heterocycles. The van der Waals surface area contributed by atoms with Crippen LogP contribution < -0.4 is 10.7 Å². The van der Waals surface area contributed by atoms with Crippen LogP contribution >= 0.6 is 11.3 Å². The Balaban J connectivity index is 2.68. The highest BCUT2D eigenvalue weighted by Gasteiger charge is 2.15. The zero-order valence-corrected chi connectivity index (χ0v) is 11.2. The number of hydrogen-bond acceptors (Lipinski definition) is 5. The third kappa shape index (κ3) is 2.15. The molecule has 0 aromatic carbocycles. The lowest BCUT2D eigenvalue weighted by Gasteiger charge is -2.02. The van der Waals surface area contributed by atoms with Gasteiger partial charge in [0, 0.05) is 4.88 Å². The maximum absolute atomic E-state index is 11.8. The van der Waals surface area contributed by atoms with Crippen LogP contribution in [0.15, 0.2) is 4.79 Å². The van der Waals surface area contributed by atoms with E-state index < -0.39 is 17.4 Å². The van der Waals surface area contributed by atoms with E-state index >= 15 is 0 Å². The molecule has 0 aliphatic carbocycles. The van der Waals surface area contributed by atoms with Crippen molar-refractivity contribution in [3.8, 4) is 0 Å². The number of carbonyl (C=O) groups is 1. The zero-order valence-electron chi connectivity index (χ0n) is 10.4. The number of aryl methyl sites for hydroxylation is 1. The smallest absolute Gasteiger partial charge is 0.260 e. The number of aromatic carboxylic acids is 1. The number of aromatic amines is 1. The maximum atomic E-state index is 11.8. The molecule has 2 heterocycles. The third-order valence-electron chi connectivity index (χ3n) is 2.69. The van der Waals surface area contributed by atoms with Gasteiger partial charge in [-0.05, 0) is 24.8 Å². The van der Waals surface area contributed by atoms with Crippen molar-refractivity contribution in [1.82, 2.24) is 9.97 Å². The van der Waals surface area contributed by atoms with E-state index in [1.165, 1.54) is 11.3 Å². The highest BCUT2D eigenvalue weighted by molar-refractivity contribution is 7.18. The van der Waals surface area contributed by atoms with Gasteiger partial charge in [-0.15, -0.1) is 11.3 Å². The summed E-state index contributed by atoms with van der Waals surface area (Å²) >= 11 is 1.38. The number of nitrogens with one attached hydrogen (secondary N) is 1. The second kappa shape index (κ2) is 4.53. The Bertz CT molecular complexity index is 670. The van der Waals surface area contributed by atoms with Crippen LogP contribution in [0.2, 0.25) is 0 Å². The normalized spacial score (nSPS) is 11.3. The van der Waals surface area contributed by atoms with Gasteiger partial charge in [-0.1, -0.05) is 13.8 Å². The van der Waals surface area contributed by atoms with Gasteiger partial charge < -0.3 is 14.9 Å². The van der Waals surface area contributed by atoms with Crippen molar-refractivity contribution in [3.63, 3.8) is 0 Å². The monoisotopic (exact) mass is 265 g/mol. The molecular formula is C12H13N2O3S-. The Labute approximate surface area is 107 Å². The van der Waals surface area contributed by atoms with Crippen LogP contribution in [0.25, 0.3) is 10.2 Å². The van der Waals surface area contributed by atoms with Crippen LogP contribution in [0, 0.1) is 12.8 Å². The number of carbonyl (C=O) groups excluding carboxylic acids is 1. The molecule has 0 amide bonds. The van der Waals surface area contributed by atoms with E-state index in [9.17, 15) is 14.7 Å². The molecule has 0 atom stereocenters. The predicted molar refractivity (Wildman–Crippen MR) is 67.9 cm³/mol. The van der Waals surface area contributed by atoms with Crippen molar-refractivity contribution in [1.29, 1.82) is 0 Å². The Hall–Kier alpha value is -1.69. The van der Waals surface area contributed by atoms with E-state index in [4.69, 9.17) is 0 Å². The zero-order chi connectivity index (χ0) is 13.4. The number of carboxylic acid groups (broad SMARTS) is 1. The van der Waals surface area contributed by atoms with Gasteiger partial charge >= 0.3 is 0 Å². The van der Waals surface area contributed by atoms with Crippen molar-refractivity contribution >= 4 is 27.5 Å². The van der Waals surface area contributed by atoms with E-state index in [2.05, 4.69) is 23.8 Å². The van der Waals surface area contributed by atoms with Gasteiger partial charge in [0.15, 0.2) is 5.82 Å². The fourth-order valence-corrected chi connectivity index (χ4v) is 3.24. The number of aromatic nitrogens is 2. The molecule has 0 radical (unpaired) electrons. The molecule has 2 rings (SSSR count). The highest BCUT2D eigenvalue weighted by Crippen LogP contribution is 2.28. The van der Waals surface area contributed by atoms with Crippen molar-refractivity contribution in [2.45, 2.75) is 27.2 Å². The first-order chi connectivity index (χ1) is 8.40. The van der Waals surface area contributed by atoms with E-state index in [0.717, 1.165) is 16.9 Å². The topological polar surface area (TPSA) is 85.9 Å². The van der Waals surface area contributed by atoms with Crippen molar-refractivity contribution in [3.05, 3.63) is 26.6 Å². The molecule has 2 aromatic heterocycles. The molecule has 0 spiro atoms. The quantitative estimate of drug-likeness (QED) is 0.891. The molecule has 6 heteroatoms. The molecule has 2 aromatic rings. The van der Waals surface area contributed by atoms with Crippen LogP contribution in [0.3, 0.4) is 0 Å². The van der Waals surface area contributed by atoms with Crippen LogP contribution in [0.5, 0.6) is 0 Å². The first-order valence-electron chi connectivity index (χ1n) is 5.63. The van der Waals surface area contributed by atoms with Crippen LogP contribution in [0.4, 0.5) is 0 Å². The fourth-order valence-electron chi connectivity index (χ4n) is 1.85. The third-order valence-corrected chi connectivity index (χ3v) is 3.89. The van der Waals surface area contributed by atoms with E-state index in [1.807, 2.05) is 6.92 Å². The number of nitrogens with zero attached hydrogens (tertiary/aromatic N) is 1. The van der Waals surface area contributed by atoms with Gasteiger partial charge in [0.05, 0.1) is 5.39 Å². The number of thiophene rings is 1. The molecule has 0 aliphatic rings. The van der Waals surface area contributed by atoms with Crippen LogP contribution in [-0.4, -0.2) is 15.9 Å². The standard InChI is InChI=1S/C12H14N2O3S/c1-5(2)4-7-6(3)8-10(15)13-9(12(16)17)14-11(8)18-7/h5H,4H2,1-3H3,(H,16,17)(H,13,14,15)/p-1. The molecule has 5 nitrogen and oxygen atoms in total. The average molecular weight is 265 g/mol. The highest BCUT2D eigenvalue weighted by atomic mass is 32.1. The van der Waals surface area contributed by atoms with Crippen LogP contribution in [-0.2, 0) is 6.42 Å². The van der Waals surface area contributed by atoms with Gasteiger partial charge in [-0.25, -0.2) is 4.98 Å². The minimum Gasteiger partial charge on any atom is -0.542 e. The number of carboxylic acids is 1. The average Bonchev–Trinajstić information content (AvgIpc) is 2.55. The summed E-state index contributed by atoms with van der Waals surface area (Å²) in [6.45, 7) is 6.05. The summed E-state index contributed by atoms with van der Waals surface area (Å²) in [5.41, 5.74) is 0.477. The molecule has 0 unspecified atom stereocenters. The minimum atomic E-state index is -1.47. The lowest BCUT2D eigenvalue weighted by Crippen LogP contribution is -2.27. The molecule has 1 N–H and O–H groups in total. The first-order valence-corrected chi connectivity index (χ1v) is 6.45. The lowest BCUT2D eigenvalue weighted by atomic mass is 10.1. The van der Waals surface area contributed by atoms with E-state index in [0.29, 0.717) is 16.1 Å². The number of H-pyrrole nitrogens is 1. The number of hydrogen-bond donors (Lipinski definition) is 1. The molecule has 0 saturated carbocycles. The van der Waals surface area contributed by atoms with Crippen molar-refractivity contribution in [2.24, 2.45) is 5.92 Å². The largest absolute Gasteiger partial charge is 0.542 e. The van der Waals surface area contributed by atoms with Gasteiger partial charge in [0.1, 0.15) is 10.8 Å². The molecule has 96 valence electrons. The van der Waals surface area contributed by atoms with Crippen LogP contribution in [0.1, 0.15) is 34.9 Å². The second-order valence-electron chi connectivity index (χ2n) is 4.63. The van der Waals surface area contributed by atoms with E-state index in [-0.39, 0.29) is 0 Å². The molecule has 0 fully saturated rings. The first kappa shape index (κ1) is 12.8. The Morgan fingerprint density at radius 1 is 1.50 bits per heavy atom. The minimum absolute atomic E-state index is 0.412. The molecule has 0 bridgehead atoms. The Morgan fingerprint density at radius 2 is 2.17 bits per heavy atom. The van der Waals surface area contributed by atoms with Gasteiger partial charge in [-0.2, -0.15) is 0 Å². The molecule has 18 heavy (non-hydrogen) atoms. The summed E-state index contributed by atoms with van der Waals surface area (Å²) in [5.74, 6) is -1.41. The van der Waals surface area contributed by atoms with Gasteiger partial charge in [-0.3, -0.25) is 4.79 Å². The summed E-state index contributed by atoms with van der Waals surface area (Å²) in [4.78, 5) is 30.3. The number of fused-ring (bicyclic) bond motifs is 1. The van der Waals surface area contributed by atoms with Gasteiger partial charge in [0.2, 0.25) is 0 Å². The second-order valence-corrected chi connectivity index (χ2v) is 5.71. The SMILES string of the molecule is Cc1c(CC(C)C)sc2nc(C(=O)[O-])[nH]c(=O)c12. The molecule has 0 aliphatic heterocycles. The molecular weight excluding hydrogens is 252 g/mol. The van der Waals surface area contributed by atoms with Gasteiger partial charge in [0.25, 0.3) is 5.56 Å². The summed E-state index contributed by atoms with van der Waals surface area (Å²) in [6.07, 6.45) is 0.854. The van der Waals surface area contributed by atoms with Crippen molar-refractivity contribution in [2.75, 3.05) is 0 Å². The fraction of sp³-hybridized carbons (Fsp3) is 0.417. The summed E-state index contributed by atoms with van der Waals surface area (Å²) in [5, 5.41) is 11.2. The summed E-state index contributed by atoms with van der Waals surface area (Å²) in [6, 6.07) is 0. The Morgan fingerprint density at radius 3 is 2.72 bits per heavy atom. The maximum Gasteiger partial charge on any atom is 0.260 e. The lowest BCUT2D eigenvalue weighted by molar-refractivity contribution is -0.256. The summed E-state index contributed by atoms with van der Waals surface area (Å²) < 4.78 is 0. The number of rotatable bonds is 3. The Kier molecular flexibility index (Phi) is 3.21. The van der Waals surface area contributed by atoms with Crippen molar-refractivity contribution < 1.29 is 9.90 Å².